The van der Waals surface area contributed by atoms with E-state index in [9.17, 15) is 14.4 Å². The Morgan fingerprint density at radius 1 is 1.16 bits per heavy atom. The van der Waals surface area contributed by atoms with Crippen LogP contribution in [0, 0.1) is 0 Å². The Hall–Kier alpha value is -1.75. The van der Waals surface area contributed by atoms with Crippen molar-refractivity contribution in [1.82, 2.24) is 0 Å². The molecule has 0 aromatic heterocycles. The van der Waals surface area contributed by atoms with Crippen molar-refractivity contribution in [2.75, 3.05) is 41.2 Å². The van der Waals surface area contributed by atoms with Gasteiger partial charge in [-0.25, -0.2) is 14.4 Å². The SMILES string of the molecule is COC1CCOC1=O.COCCC(OC)C(=O)O.O=C1OCCC1O. The predicted molar refractivity (Wildman–Crippen MR) is 82.9 cm³/mol. The maximum absolute atomic E-state index is 10.5. The Bertz CT molecular complexity index is 411. The minimum absolute atomic E-state index is 0.229. The molecular weight excluding hydrogens is 340 g/mol. The minimum Gasteiger partial charge on any atom is -0.479 e. The third-order valence-corrected chi connectivity index (χ3v) is 3.22. The van der Waals surface area contributed by atoms with E-state index in [0.29, 0.717) is 39.1 Å². The summed E-state index contributed by atoms with van der Waals surface area (Å²) in [5.41, 5.74) is 0. The first-order valence-corrected chi connectivity index (χ1v) is 7.66. The first kappa shape index (κ1) is 23.2. The van der Waals surface area contributed by atoms with Crippen LogP contribution >= 0.6 is 0 Å². The van der Waals surface area contributed by atoms with Crippen LogP contribution in [0.1, 0.15) is 19.3 Å². The molecule has 2 fully saturated rings. The lowest BCUT2D eigenvalue weighted by Crippen LogP contribution is -2.23. The summed E-state index contributed by atoms with van der Waals surface area (Å²) in [5.74, 6) is -1.66. The maximum Gasteiger partial charge on any atom is 0.335 e. The number of esters is 2. The summed E-state index contributed by atoms with van der Waals surface area (Å²) in [4.78, 5) is 30.8. The molecule has 0 radical (unpaired) electrons. The van der Waals surface area contributed by atoms with Crippen LogP contribution < -0.4 is 0 Å². The molecule has 3 atom stereocenters. The fourth-order valence-corrected chi connectivity index (χ4v) is 1.74. The Balaban J connectivity index is 0.000000350. The number of carboxylic acid groups (broad SMARTS) is 1. The summed E-state index contributed by atoms with van der Waals surface area (Å²) in [5, 5.41) is 16.9. The molecule has 0 aromatic carbocycles. The molecule has 146 valence electrons. The van der Waals surface area contributed by atoms with Gasteiger partial charge in [0.25, 0.3) is 0 Å². The van der Waals surface area contributed by atoms with Gasteiger partial charge in [0.05, 0.1) is 13.2 Å². The zero-order valence-corrected chi connectivity index (χ0v) is 14.6. The van der Waals surface area contributed by atoms with Crippen molar-refractivity contribution in [2.24, 2.45) is 0 Å². The molecule has 2 rings (SSSR count). The molecule has 0 bridgehead atoms. The highest BCUT2D eigenvalue weighted by molar-refractivity contribution is 5.76. The van der Waals surface area contributed by atoms with Gasteiger partial charge in [-0.3, -0.25) is 0 Å². The molecule has 0 aliphatic carbocycles. The number of carbonyl (C=O) groups excluding carboxylic acids is 2. The van der Waals surface area contributed by atoms with Crippen molar-refractivity contribution in [2.45, 2.75) is 37.6 Å². The summed E-state index contributed by atoms with van der Waals surface area (Å²) in [6.45, 7) is 1.29. The number of rotatable bonds is 6. The highest BCUT2D eigenvalue weighted by atomic mass is 16.6. The first-order valence-electron chi connectivity index (χ1n) is 7.66. The fourth-order valence-electron chi connectivity index (χ4n) is 1.74. The van der Waals surface area contributed by atoms with Gasteiger partial charge in [-0.2, -0.15) is 0 Å². The molecule has 0 spiro atoms. The number of methoxy groups -OCH3 is 3. The van der Waals surface area contributed by atoms with Gasteiger partial charge >= 0.3 is 17.9 Å². The zero-order chi connectivity index (χ0) is 19.2. The lowest BCUT2D eigenvalue weighted by Gasteiger charge is -2.08. The molecule has 0 saturated carbocycles. The third-order valence-electron chi connectivity index (χ3n) is 3.22. The molecule has 10 nitrogen and oxygen atoms in total. The monoisotopic (exact) mass is 366 g/mol. The highest BCUT2D eigenvalue weighted by Crippen LogP contribution is 2.07. The van der Waals surface area contributed by atoms with Crippen molar-refractivity contribution in [3.05, 3.63) is 0 Å². The maximum atomic E-state index is 10.5. The van der Waals surface area contributed by atoms with E-state index in [1.165, 1.54) is 21.3 Å². The Morgan fingerprint density at radius 3 is 2.00 bits per heavy atom. The Labute approximate surface area is 145 Å². The Morgan fingerprint density at radius 2 is 1.76 bits per heavy atom. The van der Waals surface area contributed by atoms with E-state index in [1.54, 1.807) is 0 Å². The van der Waals surface area contributed by atoms with Crippen molar-refractivity contribution in [3.63, 3.8) is 0 Å². The molecule has 0 aromatic rings. The van der Waals surface area contributed by atoms with E-state index in [0.717, 1.165) is 0 Å². The topological polar surface area (TPSA) is 138 Å². The third kappa shape index (κ3) is 9.97. The van der Waals surface area contributed by atoms with Crippen molar-refractivity contribution in [1.29, 1.82) is 0 Å². The van der Waals surface area contributed by atoms with E-state index >= 15 is 0 Å². The first-order chi connectivity index (χ1) is 11.9. The number of carbonyl (C=O) groups is 3. The standard InChI is InChI=1S/C6H12O4.C5H8O3.C4H6O3/c1-9-4-3-5(10-2)6(7)8;1-7-4-2-3-8-5(4)6;5-3-1-2-7-4(3)6/h5H,3-4H2,1-2H3,(H,7,8);4H,2-3H2,1H3;3,5H,1-2H2. The van der Waals surface area contributed by atoms with Crippen LogP contribution in [-0.2, 0) is 38.1 Å². The summed E-state index contributed by atoms with van der Waals surface area (Å²) >= 11 is 0. The van der Waals surface area contributed by atoms with Crippen LogP contribution in [-0.4, -0.2) is 87.6 Å². The molecule has 0 amide bonds. The average molecular weight is 366 g/mol. The molecule has 2 aliphatic rings. The van der Waals surface area contributed by atoms with Gasteiger partial charge in [0, 0.05) is 47.2 Å². The zero-order valence-electron chi connectivity index (χ0n) is 14.6. The van der Waals surface area contributed by atoms with Gasteiger partial charge in [-0.15, -0.1) is 0 Å². The number of hydrogen-bond acceptors (Lipinski definition) is 9. The molecule has 3 unspecified atom stereocenters. The molecular formula is C15H26O10. The second-order valence-electron chi connectivity index (χ2n) is 5.00. The van der Waals surface area contributed by atoms with Crippen LogP contribution in [0.25, 0.3) is 0 Å². The van der Waals surface area contributed by atoms with Crippen molar-refractivity contribution in [3.8, 4) is 0 Å². The number of hydrogen-bond donors (Lipinski definition) is 2. The number of aliphatic hydroxyl groups is 1. The molecule has 10 heteroatoms. The second kappa shape index (κ2) is 13.5. The summed E-state index contributed by atoms with van der Waals surface area (Å²) < 4.78 is 23.0. The number of aliphatic carboxylic acids is 1. The lowest BCUT2D eigenvalue weighted by molar-refractivity contribution is -0.149. The van der Waals surface area contributed by atoms with Crippen LogP contribution in [0.5, 0.6) is 0 Å². The smallest absolute Gasteiger partial charge is 0.335 e. The summed E-state index contributed by atoms with van der Waals surface area (Å²) in [6, 6.07) is 0. The van der Waals surface area contributed by atoms with Gasteiger partial charge in [0.2, 0.25) is 0 Å². The number of carboxylic acids is 1. The van der Waals surface area contributed by atoms with Crippen molar-refractivity contribution >= 4 is 17.9 Å². The van der Waals surface area contributed by atoms with Gasteiger partial charge in [0.1, 0.15) is 0 Å². The highest BCUT2D eigenvalue weighted by Gasteiger charge is 2.25. The van der Waals surface area contributed by atoms with Crippen LogP contribution in [0.15, 0.2) is 0 Å². The quantitative estimate of drug-likeness (QED) is 0.584. The fraction of sp³-hybridized carbons (Fsp3) is 0.800. The molecule has 2 aliphatic heterocycles. The van der Waals surface area contributed by atoms with E-state index < -0.39 is 24.1 Å². The van der Waals surface area contributed by atoms with Crippen LogP contribution in [0.2, 0.25) is 0 Å². The average Bonchev–Trinajstić information content (AvgIpc) is 3.17. The lowest BCUT2D eigenvalue weighted by atomic mass is 10.3. The molecule has 25 heavy (non-hydrogen) atoms. The summed E-state index contributed by atoms with van der Waals surface area (Å²) in [7, 11) is 4.40. The minimum atomic E-state index is -0.945. The van der Waals surface area contributed by atoms with E-state index in [-0.39, 0.29) is 12.1 Å². The normalized spacial score (nSPS) is 22.7. The van der Waals surface area contributed by atoms with Gasteiger partial charge in [0.15, 0.2) is 18.3 Å². The van der Waals surface area contributed by atoms with Crippen LogP contribution in [0.3, 0.4) is 0 Å². The molecule has 2 N–H and O–H groups in total. The van der Waals surface area contributed by atoms with E-state index in [1.807, 2.05) is 0 Å². The molecule has 2 saturated heterocycles. The van der Waals surface area contributed by atoms with Gasteiger partial charge in [-0.1, -0.05) is 0 Å². The second-order valence-corrected chi connectivity index (χ2v) is 5.00. The van der Waals surface area contributed by atoms with Gasteiger partial charge < -0.3 is 33.9 Å². The Kier molecular flexibility index (Phi) is 12.6. The summed E-state index contributed by atoms with van der Waals surface area (Å²) in [6.07, 6.45) is -0.328. The van der Waals surface area contributed by atoms with Crippen molar-refractivity contribution < 1.29 is 48.3 Å². The number of ether oxygens (including phenoxy) is 5. The van der Waals surface area contributed by atoms with E-state index in [4.69, 9.17) is 14.9 Å². The number of cyclic esters (lactones) is 2. The van der Waals surface area contributed by atoms with Crippen LogP contribution in [0.4, 0.5) is 0 Å². The van der Waals surface area contributed by atoms with Gasteiger partial charge in [-0.05, 0) is 0 Å². The number of aliphatic hydroxyl groups excluding tert-OH is 1. The van der Waals surface area contributed by atoms with E-state index in [2.05, 4.69) is 18.9 Å². The predicted octanol–water partition coefficient (Wildman–Crippen LogP) is -0.635. The molecule has 2 heterocycles. The largest absolute Gasteiger partial charge is 0.479 e.